The molecule has 0 N–H and O–H groups in total. The smallest absolute Gasteiger partial charge is 0.157 e. The van der Waals surface area contributed by atoms with Crippen molar-refractivity contribution in [3.8, 4) is 5.75 Å². The van der Waals surface area contributed by atoms with E-state index in [9.17, 15) is 0 Å². The summed E-state index contributed by atoms with van der Waals surface area (Å²) in [5, 5.41) is 4.27. The van der Waals surface area contributed by atoms with Crippen molar-refractivity contribution in [1.29, 1.82) is 0 Å². The number of nitrogens with zero attached hydrogens (tertiary/aromatic N) is 2. The Labute approximate surface area is 107 Å². The number of hydrogen-bond donors (Lipinski definition) is 0. The lowest BCUT2D eigenvalue weighted by Gasteiger charge is -2.02. The van der Waals surface area contributed by atoms with Gasteiger partial charge >= 0.3 is 0 Å². The molecular formula is C14H18N2O2. The molecular weight excluding hydrogens is 228 g/mol. The first-order valence-corrected chi connectivity index (χ1v) is 6.06. The average molecular weight is 246 g/mol. The van der Waals surface area contributed by atoms with Gasteiger partial charge < -0.3 is 9.47 Å². The van der Waals surface area contributed by atoms with Crippen LogP contribution in [0.1, 0.15) is 12.0 Å². The summed E-state index contributed by atoms with van der Waals surface area (Å²) in [5.74, 6) is 0.807. The molecule has 0 atom stereocenters. The second-order valence-corrected chi connectivity index (χ2v) is 4.05. The first kappa shape index (κ1) is 12.6. The van der Waals surface area contributed by atoms with E-state index in [1.807, 2.05) is 29.1 Å². The molecule has 0 aliphatic rings. The summed E-state index contributed by atoms with van der Waals surface area (Å²) in [7, 11) is 1.69. The van der Waals surface area contributed by atoms with Crippen molar-refractivity contribution in [2.24, 2.45) is 0 Å². The van der Waals surface area contributed by atoms with Gasteiger partial charge in [0.2, 0.25) is 0 Å². The summed E-state index contributed by atoms with van der Waals surface area (Å²) in [5.41, 5.74) is 1.23. The Hall–Kier alpha value is -1.81. The summed E-state index contributed by atoms with van der Waals surface area (Å²) in [6, 6.07) is 10.2. The topological polar surface area (TPSA) is 36.3 Å². The Morgan fingerprint density at radius 2 is 2.00 bits per heavy atom. The molecule has 2 rings (SSSR count). The molecule has 1 aromatic heterocycles. The van der Waals surface area contributed by atoms with Crippen molar-refractivity contribution >= 4 is 0 Å². The molecule has 1 heterocycles. The lowest BCUT2D eigenvalue weighted by Crippen LogP contribution is -2.01. The second kappa shape index (κ2) is 6.81. The molecule has 0 aliphatic carbocycles. The average Bonchev–Trinajstić information content (AvgIpc) is 2.84. The Kier molecular flexibility index (Phi) is 4.78. The van der Waals surface area contributed by atoms with Crippen LogP contribution in [-0.2, 0) is 11.3 Å². The number of benzene rings is 1. The maximum Gasteiger partial charge on any atom is 0.157 e. The normalized spacial score (nSPS) is 10.5. The zero-order valence-electron chi connectivity index (χ0n) is 10.6. The molecule has 0 amide bonds. The van der Waals surface area contributed by atoms with E-state index < -0.39 is 0 Å². The van der Waals surface area contributed by atoms with Crippen molar-refractivity contribution in [3.63, 3.8) is 0 Å². The Balaban J connectivity index is 1.83. The standard InChI is InChI=1S/C14H18N2O2/c1-17-8-5-9-18-14-10-15-16(12-14)11-13-6-3-2-4-7-13/h2-4,6-7,10,12H,5,8-9,11H2,1H3. The molecule has 4 heteroatoms. The van der Waals surface area contributed by atoms with Gasteiger partial charge in [0, 0.05) is 20.1 Å². The summed E-state index contributed by atoms with van der Waals surface area (Å²) in [6.45, 7) is 2.14. The fourth-order valence-electron chi connectivity index (χ4n) is 1.67. The van der Waals surface area contributed by atoms with Crippen LogP contribution in [0.3, 0.4) is 0 Å². The molecule has 0 bridgehead atoms. The minimum atomic E-state index is 0.658. The molecule has 0 aliphatic heterocycles. The molecule has 2 aromatic rings. The van der Waals surface area contributed by atoms with E-state index in [1.165, 1.54) is 5.56 Å². The van der Waals surface area contributed by atoms with Gasteiger partial charge in [0.15, 0.2) is 5.75 Å². The van der Waals surface area contributed by atoms with Crippen LogP contribution in [-0.4, -0.2) is 30.1 Å². The first-order chi connectivity index (χ1) is 8.88. The second-order valence-electron chi connectivity index (χ2n) is 4.05. The predicted molar refractivity (Wildman–Crippen MR) is 69.8 cm³/mol. The van der Waals surface area contributed by atoms with Crippen LogP contribution in [0.2, 0.25) is 0 Å². The van der Waals surface area contributed by atoms with E-state index in [0.717, 1.165) is 25.3 Å². The van der Waals surface area contributed by atoms with Crippen LogP contribution in [0.5, 0.6) is 5.75 Å². The number of aromatic nitrogens is 2. The van der Waals surface area contributed by atoms with Gasteiger partial charge in [-0.3, -0.25) is 4.68 Å². The number of rotatable bonds is 7. The van der Waals surface area contributed by atoms with E-state index in [2.05, 4.69) is 17.2 Å². The van der Waals surface area contributed by atoms with E-state index in [-0.39, 0.29) is 0 Å². The Bertz CT molecular complexity index is 454. The third-order valence-corrected chi connectivity index (χ3v) is 2.56. The van der Waals surface area contributed by atoms with Gasteiger partial charge in [-0.25, -0.2) is 0 Å². The van der Waals surface area contributed by atoms with Crippen molar-refractivity contribution < 1.29 is 9.47 Å². The van der Waals surface area contributed by atoms with Crippen molar-refractivity contribution in [2.75, 3.05) is 20.3 Å². The third-order valence-electron chi connectivity index (χ3n) is 2.56. The number of hydrogen-bond acceptors (Lipinski definition) is 3. The molecule has 1 aromatic carbocycles. The highest BCUT2D eigenvalue weighted by Crippen LogP contribution is 2.10. The van der Waals surface area contributed by atoms with Crippen LogP contribution in [0.4, 0.5) is 0 Å². The van der Waals surface area contributed by atoms with Crippen LogP contribution in [0.25, 0.3) is 0 Å². The molecule has 0 saturated carbocycles. The largest absolute Gasteiger partial charge is 0.490 e. The van der Waals surface area contributed by atoms with Gasteiger partial charge in [0.25, 0.3) is 0 Å². The summed E-state index contributed by atoms with van der Waals surface area (Å²) in [4.78, 5) is 0. The quantitative estimate of drug-likeness (QED) is 0.704. The van der Waals surface area contributed by atoms with Crippen LogP contribution in [0.15, 0.2) is 42.7 Å². The van der Waals surface area contributed by atoms with E-state index in [4.69, 9.17) is 9.47 Å². The van der Waals surface area contributed by atoms with E-state index in [0.29, 0.717) is 6.61 Å². The monoisotopic (exact) mass is 246 g/mol. The molecule has 0 spiro atoms. The Morgan fingerprint density at radius 3 is 2.78 bits per heavy atom. The van der Waals surface area contributed by atoms with Gasteiger partial charge in [-0.15, -0.1) is 0 Å². The maximum atomic E-state index is 5.56. The van der Waals surface area contributed by atoms with Crippen molar-refractivity contribution in [1.82, 2.24) is 9.78 Å². The van der Waals surface area contributed by atoms with Gasteiger partial charge in [0.1, 0.15) is 0 Å². The van der Waals surface area contributed by atoms with Gasteiger partial charge in [0.05, 0.1) is 25.5 Å². The molecule has 0 radical (unpaired) electrons. The van der Waals surface area contributed by atoms with Crippen LogP contribution in [0, 0.1) is 0 Å². The van der Waals surface area contributed by atoms with E-state index >= 15 is 0 Å². The third kappa shape index (κ3) is 3.89. The zero-order valence-corrected chi connectivity index (χ0v) is 10.6. The van der Waals surface area contributed by atoms with E-state index in [1.54, 1.807) is 13.3 Å². The minimum absolute atomic E-state index is 0.658. The first-order valence-electron chi connectivity index (χ1n) is 6.06. The minimum Gasteiger partial charge on any atom is -0.490 e. The SMILES string of the molecule is COCCCOc1cnn(Cc2ccccc2)c1. The van der Waals surface area contributed by atoms with Crippen molar-refractivity contribution in [2.45, 2.75) is 13.0 Å². The highest BCUT2D eigenvalue weighted by molar-refractivity contribution is 5.17. The molecule has 4 nitrogen and oxygen atoms in total. The van der Waals surface area contributed by atoms with Crippen LogP contribution < -0.4 is 4.74 Å². The van der Waals surface area contributed by atoms with Crippen LogP contribution >= 0.6 is 0 Å². The molecule has 18 heavy (non-hydrogen) atoms. The highest BCUT2D eigenvalue weighted by atomic mass is 16.5. The summed E-state index contributed by atoms with van der Waals surface area (Å²) < 4.78 is 12.4. The molecule has 0 fully saturated rings. The fourth-order valence-corrected chi connectivity index (χ4v) is 1.67. The maximum absolute atomic E-state index is 5.56. The number of ether oxygens (including phenoxy) is 2. The number of methoxy groups -OCH3 is 1. The van der Waals surface area contributed by atoms with Gasteiger partial charge in [-0.05, 0) is 5.56 Å². The molecule has 0 unspecified atom stereocenters. The predicted octanol–water partition coefficient (Wildman–Crippen LogP) is 2.35. The van der Waals surface area contributed by atoms with Crippen molar-refractivity contribution in [3.05, 3.63) is 48.3 Å². The zero-order chi connectivity index (χ0) is 12.6. The van der Waals surface area contributed by atoms with Gasteiger partial charge in [-0.2, -0.15) is 5.10 Å². The van der Waals surface area contributed by atoms with Gasteiger partial charge in [-0.1, -0.05) is 30.3 Å². The highest BCUT2D eigenvalue weighted by Gasteiger charge is 2.00. The lowest BCUT2D eigenvalue weighted by molar-refractivity contribution is 0.172. The summed E-state index contributed by atoms with van der Waals surface area (Å²) in [6.07, 6.45) is 4.55. The Morgan fingerprint density at radius 1 is 1.17 bits per heavy atom. The fraction of sp³-hybridized carbons (Fsp3) is 0.357. The lowest BCUT2D eigenvalue weighted by atomic mass is 10.2. The molecule has 96 valence electrons. The summed E-state index contributed by atoms with van der Waals surface area (Å²) >= 11 is 0. The molecule has 0 saturated heterocycles.